The molecule has 0 atom stereocenters. The fraction of sp³-hybridized carbons (Fsp3) is 0.269. The second-order valence-electron chi connectivity index (χ2n) is 7.84. The van der Waals surface area contributed by atoms with Crippen molar-refractivity contribution in [1.29, 1.82) is 0 Å². The molecular weight excluding hydrogens is 434 g/mol. The van der Waals surface area contributed by atoms with Gasteiger partial charge in [-0.2, -0.15) is 0 Å². The fourth-order valence-corrected chi connectivity index (χ4v) is 3.09. The number of rotatable bonds is 11. The minimum atomic E-state index is -0.272. The summed E-state index contributed by atoms with van der Waals surface area (Å²) < 4.78 is 16.6. The molecule has 0 fully saturated rings. The van der Waals surface area contributed by atoms with Crippen LogP contribution in [0.4, 0.5) is 0 Å². The third-order valence-corrected chi connectivity index (χ3v) is 4.72. The molecule has 3 rings (SSSR count). The molecule has 0 radical (unpaired) electrons. The number of nitrogens with zero attached hydrogens (tertiary/aromatic N) is 1. The average Bonchev–Trinajstić information content (AvgIpc) is 2.85. The summed E-state index contributed by atoms with van der Waals surface area (Å²) in [5.41, 5.74) is 2.31. The first-order valence-corrected chi connectivity index (χ1v) is 10.9. The second-order valence-corrected chi connectivity index (χ2v) is 7.84. The minimum Gasteiger partial charge on any atom is -0.493 e. The topological polar surface area (TPSA) is 98.8 Å². The van der Waals surface area contributed by atoms with Crippen molar-refractivity contribution in [2.75, 3.05) is 13.7 Å². The lowest BCUT2D eigenvalue weighted by atomic mass is 10.1. The Balaban J connectivity index is 1.55. The third kappa shape index (κ3) is 7.51. The zero-order valence-electron chi connectivity index (χ0n) is 19.5. The number of pyridine rings is 1. The van der Waals surface area contributed by atoms with Crippen LogP contribution in [-0.2, 0) is 17.9 Å². The van der Waals surface area contributed by atoms with E-state index in [0.717, 1.165) is 11.1 Å². The number of benzene rings is 2. The number of carbonyl (C=O) groups is 2. The molecule has 1 aromatic heterocycles. The monoisotopic (exact) mass is 463 g/mol. The van der Waals surface area contributed by atoms with Crippen LogP contribution >= 0.6 is 0 Å². The Bertz CT molecular complexity index is 1100. The van der Waals surface area contributed by atoms with Gasteiger partial charge in [-0.25, -0.2) is 4.98 Å². The number of methoxy groups -OCH3 is 1. The maximum Gasteiger partial charge on any atom is 0.258 e. The molecule has 3 aromatic rings. The van der Waals surface area contributed by atoms with Crippen molar-refractivity contribution in [1.82, 2.24) is 15.6 Å². The molecule has 34 heavy (non-hydrogen) atoms. The third-order valence-electron chi connectivity index (χ3n) is 4.72. The van der Waals surface area contributed by atoms with Crippen LogP contribution in [-0.4, -0.2) is 36.6 Å². The fourth-order valence-electron chi connectivity index (χ4n) is 3.09. The summed E-state index contributed by atoms with van der Waals surface area (Å²) in [7, 11) is 1.48. The van der Waals surface area contributed by atoms with Gasteiger partial charge in [0.1, 0.15) is 6.61 Å². The Kier molecular flexibility index (Phi) is 8.85. The highest BCUT2D eigenvalue weighted by atomic mass is 16.5. The maximum absolute atomic E-state index is 12.7. The van der Waals surface area contributed by atoms with E-state index in [9.17, 15) is 9.59 Å². The summed E-state index contributed by atoms with van der Waals surface area (Å²) in [6.07, 6.45) is 1.65. The van der Waals surface area contributed by atoms with E-state index in [1.165, 1.54) is 7.11 Å². The molecule has 0 saturated heterocycles. The normalized spacial score (nSPS) is 10.5. The predicted molar refractivity (Wildman–Crippen MR) is 128 cm³/mol. The number of hydrogen-bond acceptors (Lipinski definition) is 6. The van der Waals surface area contributed by atoms with Crippen LogP contribution in [0.15, 0.2) is 66.9 Å². The van der Waals surface area contributed by atoms with Crippen LogP contribution in [0.1, 0.15) is 35.3 Å². The lowest BCUT2D eigenvalue weighted by Crippen LogP contribution is -2.34. The number of hydrogen-bond donors (Lipinski definition) is 2. The molecule has 0 bridgehead atoms. The van der Waals surface area contributed by atoms with E-state index >= 15 is 0 Å². The van der Waals surface area contributed by atoms with E-state index in [4.69, 9.17) is 14.2 Å². The highest BCUT2D eigenvalue weighted by molar-refractivity contribution is 5.94. The largest absolute Gasteiger partial charge is 0.493 e. The zero-order chi connectivity index (χ0) is 24.3. The van der Waals surface area contributed by atoms with Gasteiger partial charge in [-0.3, -0.25) is 9.59 Å². The van der Waals surface area contributed by atoms with E-state index in [0.29, 0.717) is 36.1 Å². The molecule has 0 aliphatic heterocycles. The van der Waals surface area contributed by atoms with Crippen LogP contribution in [0.3, 0.4) is 0 Å². The number of aromatic nitrogens is 1. The Hall–Kier alpha value is -4.07. The van der Waals surface area contributed by atoms with E-state index in [1.807, 2.05) is 50.2 Å². The van der Waals surface area contributed by atoms with Gasteiger partial charge in [-0.15, -0.1) is 0 Å². The smallest absolute Gasteiger partial charge is 0.258 e. The number of nitrogens with one attached hydrogen (secondary N) is 2. The summed E-state index contributed by atoms with van der Waals surface area (Å²) in [5, 5.41) is 5.63. The van der Waals surface area contributed by atoms with E-state index in [1.54, 1.807) is 30.5 Å². The molecule has 8 nitrogen and oxygen atoms in total. The van der Waals surface area contributed by atoms with Crippen LogP contribution in [0.2, 0.25) is 0 Å². The van der Waals surface area contributed by atoms with Crippen molar-refractivity contribution < 1.29 is 23.8 Å². The molecule has 178 valence electrons. The molecule has 0 spiro atoms. The number of ether oxygens (including phenoxy) is 3. The Morgan fingerprint density at radius 3 is 2.47 bits per heavy atom. The van der Waals surface area contributed by atoms with Crippen molar-refractivity contribution in [3.8, 4) is 17.4 Å². The SMILES string of the molecule is COc1cc(C(=O)NCc2ccnc(OCc3ccccc3)c2)ccc1OCC(=O)NC(C)C. The van der Waals surface area contributed by atoms with Crippen molar-refractivity contribution in [3.05, 3.63) is 83.6 Å². The molecule has 2 amide bonds. The summed E-state index contributed by atoms with van der Waals surface area (Å²) in [5.74, 6) is 0.729. The van der Waals surface area contributed by atoms with Gasteiger partial charge in [-0.05, 0) is 49.2 Å². The van der Waals surface area contributed by atoms with Gasteiger partial charge in [0.05, 0.1) is 7.11 Å². The molecule has 0 aliphatic carbocycles. The molecule has 8 heteroatoms. The van der Waals surface area contributed by atoms with Gasteiger partial charge in [-0.1, -0.05) is 30.3 Å². The first-order chi connectivity index (χ1) is 16.4. The van der Waals surface area contributed by atoms with Crippen molar-refractivity contribution in [2.45, 2.75) is 33.0 Å². The Morgan fingerprint density at radius 2 is 1.74 bits per heavy atom. The number of carbonyl (C=O) groups excluding carboxylic acids is 2. The number of amides is 2. The second kappa shape index (κ2) is 12.2. The van der Waals surface area contributed by atoms with Crippen LogP contribution < -0.4 is 24.8 Å². The van der Waals surface area contributed by atoms with Crippen LogP contribution in [0.5, 0.6) is 17.4 Å². The van der Waals surface area contributed by atoms with E-state index in [2.05, 4.69) is 15.6 Å². The quantitative estimate of drug-likeness (QED) is 0.452. The summed E-state index contributed by atoms with van der Waals surface area (Å²) in [6.45, 7) is 4.32. The lowest BCUT2D eigenvalue weighted by molar-refractivity contribution is -0.123. The summed E-state index contributed by atoms with van der Waals surface area (Å²) in [4.78, 5) is 28.7. The highest BCUT2D eigenvalue weighted by Crippen LogP contribution is 2.28. The predicted octanol–water partition coefficient (Wildman–Crippen LogP) is 3.50. The van der Waals surface area contributed by atoms with Gasteiger partial charge in [0.2, 0.25) is 5.88 Å². The molecule has 0 unspecified atom stereocenters. The highest BCUT2D eigenvalue weighted by Gasteiger charge is 2.13. The minimum absolute atomic E-state index is 0.0240. The molecule has 1 heterocycles. The molecule has 2 aromatic carbocycles. The van der Waals surface area contributed by atoms with Gasteiger partial charge in [0, 0.05) is 30.4 Å². The molecular formula is C26H29N3O5. The Labute approximate surface area is 199 Å². The van der Waals surface area contributed by atoms with Gasteiger partial charge >= 0.3 is 0 Å². The molecule has 2 N–H and O–H groups in total. The molecule has 0 saturated carbocycles. The molecule has 0 aliphatic rings. The first kappa shape index (κ1) is 24.6. The summed E-state index contributed by atoms with van der Waals surface area (Å²) in [6, 6.07) is 18.3. The lowest BCUT2D eigenvalue weighted by Gasteiger charge is -2.13. The van der Waals surface area contributed by atoms with Gasteiger partial charge < -0.3 is 24.8 Å². The van der Waals surface area contributed by atoms with Gasteiger partial charge in [0.15, 0.2) is 18.1 Å². The van der Waals surface area contributed by atoms with Crippen molar-refractivity contribution in [3.63, 3.8) is 0 Å². The zero-order valence-corrected chi connectivity index (χ0v) is 19.5. The first-order valence-electron chi connectivity index (χ1n) is 10.9. The van der Waals surface area contributed by atoms with Crippen molar-refractivity contribution >= 4 is 11.8 Å². The van der Waals surface area contributed by atoms with Crippen molar-refractivity contribution in [2.24, 2.45) is 0 Å². The van der Waals surface area contributed by atoms with E-state index < -0.39 is 0 Å². The Morgan fingerprint density at radius 1 is 0.941 bits per heavy atom. The maximum atomic E-state index is 12.7. The van der Waals surface area contributed by atoms with Gasteiger partial charge in [0.25, 0.3) is 11.8 Å². The van der Waals surface area contributed by atoms with Crippen LogP contribution in [0, 0.1) is 0 Å². The van der Waals surface area contributed by atoms with Crippen LogP contribution in [0.25, 0.3) is 0 Å². The van der Waals surface area contributed by atoms with E-state index in [-0.39, 0.29) is 24.5 Å². The average molecular weight is 464 g/mol. The summed E-state index contributed by atoms with van der Waals surface area (Å²) >= 11 is 0. The standard InChI is InChI=1S/C26H29N3O5/c1-18(2)29-24(30)17-33-22-10-9-21(14-23(22)32-3)26(31)28-15-20-11-12-27-25(13-20)34-16-19-7-5-4-6-8-19/h4-14,18H,15-17H2,1-3H3,(H,28,31)(H,29,30).